The van der Waals surface area contributed by atoms with Gasteiger partial charge in [0.1, 0.15) is 0 Å². The highest BCUT2D eigenvalue weighted by Crippen LogP contribution is 2.45. The number of amides is 1. The van der Waals surface area contributed by atoms with Crippen molar-refractivity contribution in [2.45, 2.75) is 52.0 Å². The van der Waals surface area contributed by atoms with Gasteiger partial charge in [0.2, 0.25) is 0 Å². The summed E-state index contributed by atoms with van der Waals surface area (Å²) in [6.45, 7) is 10.1. The zero-order chi connectivity index (χ0) is 19.6. The summed E-state index contributed by atoms with van der Waals surface area (Å²) < 4.78 is 0. The number of carbonyl (C=O) groups is 1. The Morgan fingerprint density at radius 2 is 2.26 bits per heavy atom. The van der Waals surface area contributed by atoms with Crippen LogP contribution in [0.1, 0.15) is 67.3 Å². The first-order valence-corrected chi connectivity index (χ1v) is 10.6. The Morgan fingerprint density at radius 1 is 1.48 bits per heavy atom. The molecule has 0 fully saturated rings. The fourth-order valence-electron chi connectivity index (χ4n) is 3.89. The third kappa shape index (κ3) is 4.19. The zero-order valence-corrected chi connectivity index (χ0v) is 17.8. The van der Waals surface area contributed by atoms with Crippen LogP contribution in [0.5, 0.6) is 0 Å². The van der Waals surface area contributed by atoms with Crippen molar-refractivity contribution in [3.05, 3.63) is 50.7 Å². The number of hydrogen-bond acceptors (Lipinski definition) is 4. The van der Waals surface area contributed by atoms with Crippen molar-refractivity contribution in [2.24, 2.45) is 5.10 Å². The highest BCUT2D eigenvalue weighted by atomic mass is 35.5. The van der Waals surface area contributed by atoms with E-state index < -0.39 is 0 Å². The number of fused-ring (bicyclic) bond motifs is 1. The SMILES string of the molecule is CCCN1c2cc(Cl)c(/C=N/NC(=O)c3cccs3)cc2C(C)CC1(C)C. The van der Waals surface area contributed by atoms with Gasteiger partial charge in [-0.2, -0.15) is 5.10 Å². The number of hydrazone groups is 1. The Kier molecular flexibility index (Phi) is 5.92. The second-order valence-electron chi connectivity index (χ2n) is 7.68. The summed E-state index contributed by atoms with van der Waals surface area (Å²) in [6.07, 6.45) is 3.81. The van der Waals surface area contributed by atoms with Gasteiger partial charge in [-0.25, -0.2) is 5.43 Å². The van der Waals surface area contributed by atoms with Gasteiger partial charge in [0.15, 0.2) is 0 Å². The maximum Gasteiger partial charge on any atom is 0.281 e. The van der Waals surface area contributed by atoms with E-state index in [9.17, 15) is 4.79 Å². The lowest BCUT2D eigenvalue weighted by Crippen LogP contribution is -2.48. The number of carbonyl (C=O) groups excluding carboxylic acids is 1. The molecule has 1 aliphatic heterocycles. The van der Waals surface area contributed by atoms with Gasteiger partial charge >= 0.3 is 0 Å². The van der Waals surface area contributed by atoms with Crippen LogP contribution in [-0.4, -0.2) is 24.2 Å². The predicted molar refractivity (Wildman–Crippen MR) is 116 cm³/mol. The van der Waals surface area contributed by atoms with Crippen LogP contribution in [0, 0.1) is 0 Å². The molecule has 1 aliphatic rings. The molecule has 0 spiro atoms. The lowest BCUT2D eigenvalue weighted by Gasteiger charge is -2.47. The van der Waals surface area contributed by atoms with Crippen LogP contribution >= 0.6 is 22.9 Å². The number of nitrogens with one attached hydrogen (secondary N) is 1. The number of thiophene rings is 1. The molecule has 2 aromatic rings. The van der Waals surface area contributed by atoms with Gasteiger partial charge in [0.05, 0.1) is 16.1 Å². The van der Waals surface area contributed by atoms with Gasteiger partial charge in [0.25, 0.3) is 5.91 Å². The van der Waals surface area contributed by atoms with Crippen LogP contribution in [0.4, 0.5) is 5.69 Å². The molecule has 2 heterocycles. The molecule has 1 unspecified atom stereocenters. The summed E-state index contributed by atoms with van der Waals surface area (Å²) in [4.78, 5) is 15.1. The van der Waals surface area contributed by atoms with Gasteiger partial charge < -0.3 is 4.90 Å². The van der Waals surface area contributed by atoms with Gasteiger partial charge in [-0.3, -0.25) is 4.79 Å². The molecule has 144 valence electrons. The van der Waals surface area contributed by atoms with Crippen LogP contribution in [0.3, 0.4) is 0 Å². The summed E-state index contributed by atoms with van der Waals surface area (Å²) in [5, 5.41) is 6.61. The highest BCUT2D eigenvalue weighted by Gasteiger charge is 2.36. The number of hydrogen-bond donors (Lipinski definition) is 1. The van der Waals surface area contributed by atoms with Gasteiger partial charge in [-0.1, -0.05) is 31.5 Å². The van der Waals surface area contributed by atoms with Crippen molar-refractivity contribution in [3.63, 3.8) is 0 Å². The molecule has 0 radical (unpaired) electrons. The molecule has 6 heteroatoms. The van der Waals surface area contributed by atoms with E-state index in [1.165, 1.54) is 22.6 Å². The molecule has 27 heavy (non-hydrogen) atoms. The number of benzene rings is 1. The van der Waals surface area contributed by atoms with E-state index in [1.54, 1.807) is 12.3 Å². The quantitative estimate of drug-likeness (QED) is 0.516. The fraction of sp³-hybridized carbons (Fsp3) is 0.429. The van der Waals surface area contributed by atoms with Crippen molar-refractivity contribution < 1.29 is 4.79 Å². The summed E-state index contributed by atoms with van der Waals surface area (Å²) >= 11 is 7.94. The molecule has 0 aliphatic carbocycles. The van der Waals surface area contributed by atoms with E-state index in [0.29, 0.717) is 15.8 Å². The average Bonchev–Trinajstić information content (AvgIpc) is 3.14. The Hall–Kier alpha value is -1.85. The molecule has 3 rings (SSSR count). The standard InChI is InChI=1S/C21H26ClN3OS/c1-5-8-25-18-11-17(22)15(10-16(18)14(2)12-21(25,3)4)13-23-24-20(26)19-7-6-9-27-19/h6-7,9-11,13-14H,5,8,12H2,1-4H3,(H,24,26)/b23-13+. The molecule has 1 aromatic heterocycles. The number of rotatable bonds is 5. The molecule has 1 aromatic carbocycles. The Bertz CT molecular complexity index is 845. The van der Waals surface area contributed by atoms with E-state index in [4.69, 9.17) is 11.6 Å². The minimum atomic E-state index is -0.209. The molecular formula is C21H26ClN3OS. The van der Waals surface area contributed by atoms with Gasteiger partial charge in [-0.05, 0) is 61.7 Å². The van der Waals surface area contributed by atoms with E-state index in [1.807, 2.05) is 17.5 Å². The third-order valence-electron chi connectivity index (χ3n) is 5.07. The normalized spacial score (nSPS) is 18.6. The van der Waals surface area contributed by atoms with E-state index >= 15 is 0 Å². The Balaban J connectivity index is 1.86. The van der Waals surface area contributed by atoms with Crippen molar-refractivity contribution >= 4 is 40.7 Å². The Morgan fingerprint density at radius 3 is 2.93 bits per heavy atom. The first kappa shape index (κ1) is 19.9. The summed E-state index contributed by atoms with van der Waals surface area (Å²) in [7, 11) is 0. The van der Waals surface area contributed by atoms with Crippen LogP contribution in [0.2, 0.25) is 5.02 Å². The van der Waals surface area contributed by atoms with Crippen molar-refractivity contribution in [3.8, 4) is 0 Å². The smallest absolute Gasteiger partial charge is 0.281 e. The monoisotopic (exact) mass is 403 g/mol. The highest BCUT2D eigenvalue weighted by molar-refractivity contribution is 7.12. The summed E-state index contributed by atoms with van der Waals surface area (Å²) in [5.74, 6) is 0.229. The first-order chi connectivity index (χ1) is 12.8. The van der Waals surface area contributed by atoms with Crippen molar-refractivity contribution in [1.82, 2.24) is 5.43 Å². The van der Waals surface area contributed by atoms with Crippen molar-refractivity contribution in [2.75, 3.05) is 11.4 Å². The molecule has 0 bridgehead atoms. The summed E-state index contributed by atoms with van der Waals surface area (Å²) in [6, 6.07) is 7.77. The lowest BCUT2D eigenvalue weighted by molar-refractivity contribution is 0.0959. The van der Waals surface area contributed by atoms with Crippen LogP contribution in [0.25, 0.3) is 0 Å². The zero-order valence-electron chi connectivity index (χ0n) is 16.3. The minimum Gasteiger partial charge on any atom is -0.366 e. The largest absolute Gasteiger partial charge is 0.366 e. The van der Waals surface area contributed by atoms with Crippen molar-refractivity contribution in [1.29, 1.82) is 0 Å². The Labute approximate surface area is 170 Å². The molecule has 1 N–H and O–H groups in total. The predicted octanol–water partition coefficient (Wildman–Crippen LogP) is 5.67. The van der Waals surface area contributed by atoms with E-state index in [0.717, 1.165) is 24.9 Å². The number of nitrogens with zero attached hydrogens (tertiary/aromatic N) is 2. The van der Waals surface area contributed by atoms with Crippen LogP contribution in [-0.2, 0) is 0 Å². The fourth-order valence-corrected chi connectivity index (χ4v) is 4.71. The molecule has 0 saturated carbocycles. The molecule has 0 saturated heterocycles. The van der Waals surface area contributed by atoms with Gasteiger partial charge in [0, 0.05) is 23.3 Å². The van der Waals surface area contributed by atoms with E-state index in [2.05, 4.69) is 49.2 Å². The third-order valence-corrected chi connectivity index (χ3v) is 6.26. The number of anilines is 1. The second kappa shape index (κ2) is 8.03. The molecule has 4 nitrogen and oxygen atoms in total. The number of halogens is 1. The maximum absolute atomic E-state index is 12.0. The average molecular weight is 404 g/mol. The topological polar surface area (TPSA) is 44.7 Å². The maximum atomic E-state index is 12.0. The molecular weight excluding hydrogens is 378 g/mol. The van der Waals surface area contributed by atoms with Gasteiger partial charge in [-0.15, -0.1) is 11.3 Å². The molecule has 1 atom stereocenters. The van der Waals surface area contributed by atoms with Crippen LogP contribution in [0.15, 0.2) is 34.7 Å². The minimum absolute atomic E-state index is 0.107. The lowest BCUT2D eigenvalue weighted by atomic mass is 9.79. The second-order valence-corrected chi connectivity index (χ2v) is 9.03. The summed E-state index contributed by atoms with van der Waals surface area (Å²) in [5.41, 5.74) is 6.00. The van der Waals surface area contributed by atoms with Crippen LogP contribution < -0.4 is 10.3 Å². The van der Waals surface area contributed by atoms with E-state index in [-0.39, 0.29) is 11.4 Å². The first-order valence-electron chi connectivity index (χ1n) is 9.31. The molecule has 1 amide bonds.